The Hall–Kier alpha value is -3.79. The molecule has 0 unspecified atom stereocenters. The topological polar surface area (TPSA) is 74.8 Å². The van der Waals surface area contributed by atoms with Crippen LogP contribution in [0.25, 0.3) is 38.9 Å². The number of ether oxygens (including phenoxy) is 1. The van der Waals surface area contributed by atoms with E-state index in [0.717, 1.165) is 25.0 Å². The maximum atomic E-state index is 13.8. The monoisotopic (exact) mass is 479 g/mol. The van der Waals surface area contributed by atoms with E-state index in [4.69, 9.17) is 14.7 Å². The molecule has 1 aliphatic rings. The van der Waals surface area contributed by atoms with E-state index >= 15 is 0 Å². The lowest BCUT2D eigenvalue weighted by molar-refractivity contribution is -0.137. The van der Waals surface area contributed by atoms with E-state index in [2.05, 4.69) is 4.98 Å². The van der Waals surface area contributed by atoms with Gasteiger partial charge in [0.2, 0.25) is 0 Å². The van der Waals surface area contributed by atoms with Gasteiger partial charge >= 0.3 is 6.18 Å². The van der Waals surface area contributed by atoms with Crippen LogP contribution in [0.1, 0.15) is 24.2 Å². The summed E-state index contributed by atoms with van der Waals surface area (Å²) < 4.78 is 49.3. The normalized spacial score (nSPS) is 16.6. The number of aromatic nitrogens is 5. The summed E-state index contributed by atoms with van der Waals surface area (Å²) in [6, 6.07) is 12.1. The van der Waals surface area contributed by atoms with Crippen LogP contribution in [0.15, 0.2) is 53.3 Å². The zero-order valence-corrected chi connectivity index (χ0v) is 18.7. The molecule has 0 N–H and O–H groups in total. The Morgan fingerprint density at radius 3 is 2.51 bits per heavy atom. The number of halogens is 3. The summed E-state index contributed by atoms with van der Waals surface area (Å²) >= 11 is 0. The second-order valence-corrected chi connectivity index (χ2v) is 8.68. The molecule has 0 aliphatic carbocycles. The van der Waals surface area contributed by atoms with Crippen LogP contribution in [-0.2, 0) is 17.5 Å². The van der Waals surface area contributed by atoms with E-state index in [1.807, 2.05) is 6.07 Å². The first kappa shape index (κ1) is 21.7. The van der Waals surface area contributed by atoms with E-state index in [1.165, 1.54) is 10.6 Å². The molecule has 2 aromatic carbocycles. The van der Waals surface area contributed by atoms with Gasteiger partial charge in [-0.3, -0.25) is 13.9 Å². The predicted octanol–water partition coefficient (Wildman–Crippen LogP) is 4.79. The minimum atomic E-state index is -4.52. The zero-order chi connectivity index (χ0) is 24.3. The standard InChI is InChI=1S/C25H20F3N5O2/c1-14-29-22-20(24(34)32(14)13-17-8-5-11-35-17)21-23(31-19-10-3-2-9-18(19)30-21)33(22)16-7-4-6-15(12-16)25(26,27)28/h2-4,6-7,9-10,12,17H,5,8,11,13H2,1H3/t17-/m1/s1. The van der Waals surface area contributed by atoms with Crippen LogP contribution in [0.4, 0.5) is 13.2 Å². The highest BCUT2D eigenvalue weighted by molar-refractivity contribution is 6.05. The molecule has 3 aromatic heterocycles. The summed E-state index contributed by atoms with van der Waals surface area (Å²) in [6.07, 6.45) is -2.83. The lowest BCUT2D eigenvalue weighted by Gasteiger charge is -2.15. The molecular weight excluding hydrogens is 459 g/mol. The van der Waals surface area contributed by atoms with Gasteiger partial charge in [-0.05, 0) is 50.1 Å². The highest BCUT2D eigenvalue weighted by Crippen LogP contribution is 2.33. The van der Waals surface area contributed by atoms with Gasteiger partial charge in [0.15, 0.2) is 11.3 Å². The fourth-order valence-electron chi connectivity index (χ4n) is 4.70. The number of benzene rings is 2. The molecule has 1 fully saturated rings. The van der Waals surface area contributed by atoms with Gasteiger partial charge in [0.1, 0.15) is 16.7 Å². The number of hydrogen-bond acceptors (Lipinski definition) is 5. The van der Waals surface area contributed by atoms with Crippen LogP contribution in [0.2, 0.25) is 0 Å². The van der Waals surface area contributed by atoms with Gasteiger partial charge in [0.05, 0.1) is 29.2 Å². The molecule has 10 heteroatoms. The molecular formula is C25H20F3N5O2. The van der Waals surface area contributed by atoms with Crippen LogP contribution < -0.4 is 5.56 Å². The Morgan fingerprint density at radius 1 is 1.03 bits per heavy atom. The summed E-state index contributed by atoms with van der Waals surface area (Å²) in [4.78, 5) is 27.8. The van der Waals surface area contributed by atoms with Gasteiger partial charge < -0.3 is 4.74 Å². The molecule has 7 nitrogen and oxygen atoms in total. The average molecular weight is 479 g/mol. The van der Waals surface area contributed by atoms with E-state index in [9.17, 15) is 18.0 Å². The lowest BCUT2D eigenvalue weighted by Crippen LogP contribution is -2.29. The van der Waals surface area contributed by atoms with Crippen molar-refractivity contribution in [2.75, 3.05) is 6.61 Å². The maximum absolute atomic E-state index is 13.8. The Kier molecular flexibility index (Phi) is 4.89. The van der Waals surface area contributed by atoms with Crippen molar-refractivity contribution in [3.63, 3.8) is 0 Å². The Morgan fingerprint density at radius 2 is 1.80 bits per heavy atom. The minimum Gasteiger partial charge on any atom is -0.376 e. The van der Waals surface area contributed by atoms with Gasteiger partial charge in [0, 0.05) is 12.3 Å². The highest BCUT2D eigenvalue weighted by Gasteiger charge is 2.31. The SMILES string of the molecule is Cc1nc2c(c(=O)n1C[C@H]1CCCO1)c1nc3ccccc3nc1n2-c1cccc(C(F)(F)F)c1. The average Bonchev–Trinajstić information content (AvgIpc) is 3.45. The molecule has 1 aliphatic heterocycles. The van der Waals surface area contributed by atoms with Crippen molar-refractivity contribution in [1.82, 2.24) is 24.1 Å². The molecule has 178 valence electrons. The summed E-state index contributed by atoms with van der Waals surface area (Å²) in [6.45, 7) is 2.71. The number of nitrogens with zero attached hydrogens (tertiary/aromatic N) is 5. The van der Waals surface area contributed by atoms with Gasteiger partial charge in [0.25, 0.3) is 5.56 Å². The molecule has 0 spiro atoms. The summed E-state index contributed by atoms with van der Waals surface area (Å²) in [7, 11) is 0. The lowest BCUT2D eigenvalue weighted by atomic mass is 10.2. The van der Waals surface area contributed by atoms with Crippen LogP contribution in [0.3, 0.4) is 0 Å². The van der Waals surface area contributed by atoms with Crippen molar-refractivity contribution >= 4 is 33.2 Å². The number of alkyl halides is 3. The number of rotatable bonds is 3. The van der Waals surface area contributed by atoms with E-state index in [1.54, 1.807) is 35.8 Å². The zero-order valence-electron chi connectivity index (χ0n) is 18.7. The highest BCUT2D eigenvalue weighted by atomic mass is 19.4. The third-order valence-electron chi connectivity index (χ3n) is 6.40. The van der Waals surface area contributed by atoms with Crippen molar-refractivity contribution in [2.45, 2.75) is 38.6 Å². The van der Waals surface area contributed by atoms with Crippen molar-refractivity contribution in [3.8, 4) is 5.69 Å². The first-order chi connectivity index (χ1) is 16.8. The molecule has 0 bridgehead atoms. The first-order valence-electron chi connectivity index (χ1n) is 11.3. The molecule has 6 rings (SSSR count). The largest absolute Gasteiger partial charge is 0.416 e. The molecule has 0 saturated carbocycles. The minimum absolute atomic E-state index is 0.0885. The van der Waals surface area contributed by atoms with Crippen LogP contribution in [0, 0.1) is 6.92 Å². The number of hydrogen-bond donors (Lipinski definition) is 0. The van der Waals surface area contributed by atoms with Gasteiger partial charge in [-0.2, -0.15) is 13.2 Å². The number of fused-ring (bicyclic) bond motifs is 4. The number of aryl methyl sites for hydroxylation is 1. The Labute approximate surface area is 196 Å². The molecule has 0 radical (unpaired) electrons. The predicted molar refractivity (Wildman–Crippen MR) is 125 cm³/mol. The van der Waals surface area contributed by atoms with Crippen molar-refractivity contribution < 1.29 is 17.9 Å². The smallest absolute Gasteiger partial charge is 0.376 e. The summed E-state index contributed by atoms with van der Waals surface area (Å²) in [5.41, 5.74) is 1.02. The van der Waals surface area contributed by atoms with Gasteiger partial charge in [-0.25, -0.2) is 15.0 Å². The first-order valence-corrected chi connectivity index (χ1v) is 11.3. The summed E-state index contributed by atoms with van der Waals surface area (Å²) in [5.74, 6) is 0.443. The van der Waals surface area contributed by atoms with Crippen molar-refractivity contribution in [2.24, 2.45) is 0 Å². The van der Waals surface area contributed by atoms with Crippen LogP contribution in [0.5, 0.6) is 0 Å². The number of para-hydroxylation sites is 2. The Bertz CT molecular complexity index is 1670. The molecule has 35 heavy (non-hydrogen) atoms. The molecule has 1 atom stereocenters. The van der Waals surface area contributed by atoms with E-state index < -0.39 is 11.7 Å². The van der Waals surface area contributed by atoms with Crippen molar-refractivity contribution in [1.29, 1.82) is 0 Å². The fraction of sp³-hybridized carbons (Fsp3) is 0.280. The maximum Gasteiger partial charge on any atom is 0.416 e. The molecule has 1 saturated heterocycles. The fourth-order valence-corrected chi connectivity index (χ4v) is 4.70. The molecule has 0 amide bonds. The van der Waals surface area contributed by atoms with E-state index in [-0.39, 0.29) is 34.0 Å². The van der Waals surface area contributed by atoms with Crippen molar-refractivity contribution in [3.05, 3.63) is 70.3 Å². The van der Waals surface area contributed by atoms with E-state index in [0.29, 0.717) is 35.5 Å². The molecule has 5 aromatic rings. The summed E-state index contributed by atoms with van der Waals surface area (Å²) in [5, 5.41) is 0.222. The third-order valence-corrected chi connectivity index (χ3v) is 6.40. The van der Waals surface area contributed by atoms with Crippen LogP contribution in [-0.4, -0.2) is 36.8 Å². The Balaban J connectivity index is 1.70. The second-order valence-electron chi connectivity index (χ2n) is 8.68. The second kappa shape index (κ2) is 7.88. The quantitative estimate of drug-likeness (QED) is 0.372. The molecule has 4 heterocycles. The van der Waals surface area contributed by atoms with Crippen LogP contribution >= 0.6 is 0 Å². The van der Waals surface area contributed by atoms with Gasteiger partial charge in [-0.15, -0.1) is 0 Å². The van der Waals surface area contributed by atoms with Gasteiger partial charge in [-0.1, -0.05) is 18.2 Å². The third kappa shape index (κ3) is 3.56.